The number of halogens is 1. The molecule has 2 rings (SSSR count). The number of benzene rings is 2. The first kappa shape index (κ1) is 20.8. The van der Waals surface area contributed by atoms with Gasteiger partial charge in [0.05, 0.1) is 12.7 Å². The number of anilines is 1. The number of amides is 1. The summed E-state index contributed by atoms with van der Waals surface area (Å²) in [5.74, 6) is -2.19. The van der Waals surface area contributed by atoms with Crippen LogP contribution in [-0.2, 0) is 19.1 Å². The van der Waals surface area contributed by atoms with Gasteiger partial charge in [0, 0.05) is 11.8 Å². The van der Waals surface area contributed by atoms with Crippen molar-refractivity contribution in [2.24, 2.45) is 0 Å². The van der Waals surface area contributed by atoms with Gasteiger partial charge in [-0.1, -0.05) is 18.2 Å². The molecule has 0 aliphatic carbocycles. The number of carbonyl (C=O) groups is 3. The second-order valence-corrected chi connectivity index (χ2v) is 5.98. The van der Waals surface area contributed by atoms with Gasteiger partial charge < -0.3 is 14.8 Å². The molecule has 146 valence electrons. The summed E-state index contributed by atoms with van der Waals surface area (Å²) >= 11 is 0. The Morgan fingerprint density at radius 3 is 2.39 bits per heavy atom. The molecule has 2 aromatic carbocycles. The molecule has 6 nitrogen and oxygen atoms in total. The van der Waals surface area contributed by atoms with Gasteiger partial charge in [-0.3, -0.25) is 4.79 Å². The van der Waals surface area contributed by atoms with E-state index in [0.717, 1.165) is 0 Å². The maximum atomic E-state index is 13.5. The standard InChI is InChI=1S/C21H20FNO5/c1-13-4-10-17(12-18(13)22)23-20(25)14(2)28-19(24)11-7-15-5-8-16(9-6-15)21(26)27-3/h4-12,14H,1-3H3,(H,23,25)/b11-7+/t14-/m0/s1. The number of esters is 2. The van der Waals surface area contributed by atoms with Crippen molar-refractivity contribution in [3.8, 4) is 0 Å². The molecule has 1 N–H and O–H groups in total. The second-order valence-electron chi connectivity index (χ2n) is 5.98. The summed E-state index contributed by atoms with van der Waals surface area (Å²) in [5, 5.41) is 2.49. The van der Waals surface area contributed by atoms with E-state index in [2.05, 4.69) is 10.1 Å². The Bertz CT molecular complexity index is 906. The first-order valence-electron chi connectivity index (χ1n) is 8.44. The van der Waals surface area contributed by atoms with E-state index in [4.69, 9.17) is 4.74 Å². The minimum atomic E-state index is -1.07. The summed E-state index contributed by atoms with van der Waals surface area (Å²) in [6.07, 6.45) is 1.59. The Morgan fingerprint density at radius 2 is 1.79 bits per heavy atom. The van der Waals surface area contributed by atoms with Crippen LogP contribution in [0.3, 0.4) is 0 Å². The van der Waals surface area contributed by atoms with E-state index in [0.29, 0.717) is 16.7 Å². The Hall–Kier alpha value is -3.48. The number of ether oxygens (including phenoxy) is 2. The topological polar surface area (TPSA) is 81.7 Å². The van der Waals surface area contributed by atoms with Crippen molar-refractivity contribution in [2.45, 2.75) is 20.0 Å². The Labute approximate surface area is 162 Å². The first-order valence-corrected chi connectivity index (χ1v) is 8.44. The molecule has 0 saturated heterocycles. The molecule has 0 aliphatic rings. The minimum Gasteiger partial charge on any atom is -0.465 e. The van der Waals surface area contributed by atoms with E-state index < -0.39 is 29.8 Å². The number of carbonyl (C=O) groups excluding carboxylic acids is 3. The predicted octanol–water partition coefficient (Wildman–Crippen LogP) is 3.50. The maximum absolute atomic E-state index is 13.5. The van der Waals surface area contributed by atoms with Crippen molar-refractivity contribution >= 4 is 29.6 Å². The van der Waals surface area contributed by atoms with Crippen LogP contribution in [0.2, 0.25) is 0 Å². The lowest BCUT2D eigenvalue weighted by Crippen LogP contribution is -2.29. The smallest absolute Gasteiger partial charge is 0.337 e. The molecule has 0 fully saturated rings. The van der Waals surface area contributed by atoms with Gasteiger partial charge in [-0.2, -0.15) is 0 Å². The third-order valence-electron chi connectivity index (χ3n) is 3.85. The van der Waals surface area contributed by atoms with Crippen molar-refractivity contribution in [1.29, 1.82) is 0 Å². The van der Waals surface area contributed by atoms with Crippen LogP contribution in [0.15, 0.2) is 48.5 Å². The van der Waals surface area contributed by atoms with Gasteiger partial charge in [0.2, 0.25) is 0 Å². The Balaban J connectivity index is 1.90. The highest BCUT2D eigenvalue weighted by atomic mass is 19.1. The summed E-state index contributed by atoms with van der Waals surface area (Å²) in [5.41, 5.74) is 1.79. The molecular weight excluding hydrogens is 365 g/mol. The zero-order valence-corrected chi connectivity index (χ0v) is 15.7. The lowest BCUT2D eigenvalue weighted by molar-refractivity contribution is -0.148. The molecule has 0 aromatic heterocycles. The largest absolute Gasteiger partial charge is 0.465 e. The molecule has 0 unspecified atom stereocenters. The van der Waals surface area contributed by atoms with Crippen molar-refractivity contribution in [3.63, 3.8) is 0 Å². The van der Waals surface area contributed by atoms with Crippen LogP contribution in [0.25, 0.3) is 6.08 Å². The van der Waals surface area contributed by atoms with Crippen LogP contribution in [0, 0.1) is 12.7 Å². The lowest BCUT2D eigenvalue weighted by atomic mass is 10.1. The average Bonchev–Trinajstić information content (AvgIpc) is 2.69. The Kier molecular flexibility index (Phi) is 7.03. The number of hydrogen-bond acceptors (Lipinski definition) is 5. The van der Waals surface area contributed by atoms with Crippen LogP contribution in [-0.4, -0.2) is 31.1 Å². The molecule has 28 heavy (non-hydrogen) atoms. The molecule has 0 saturated carbocycles. The molecule has 0 radical (unpaired) electrons. The van der Waals surface area contributed by atoms with Gasteiger partial charge in [0.15, 0.2) is 6.10 Å². The van der Waals surface area contributed by atoms with Gasteiger partial charge in [0.25, 0.3) is 5.91 Å². The van der Waals surface area contributed by atoms with Crippen LogP contribution in [0.5, 0.6) is 0 Å². The van der Waals surface area contributed by atoms with Crippen molar-refractivity contribution in [2.75, 3.05) is 12.4 Å². The molecule has 7 heteroatoms. The van der Waals surface area contributed by atoms with Gasteiger partial charge in [-0.15, -0.1) is 0 Å². The molecule has 0 aliphatic heterocycles. The van der Waals surface area contributed by atoms with Gasteiger partial charge >= 0.3 is 11.9 Å². The highest BCUT2D eigenvalue weighted by molar-refractivity contribution is 5.96. The van der Waals surface area contributed by atoms with Gasteiger partial charge in [-0.25, -0.2) is 14.0 Å². The molecule has 0 heterocycles. The van der Waals surface area contributed by atoms with E-state index >= 15 is 0 Å². The number of nitrogens with one attached hydrogen (secondary N) is 1. The van der Waals surface area contributed by atoms with Crippen LogP contribution < -0.4 is 5.32 Å². The fraction of sp³-hybridized carbons (Fsp3) is 0.190. The van der Waals surface area contributed by atoms with Crippen LogP contribution in [0.1, 0.15) is 28.4 Å². The number of aryl methyl sites for hydroxylation is 1. The van der Waals surface area contributed by atoms with Crippen molar-refractivity contribution in [1.82, 2.24) is 0 Å². The summed E-state index contributed by atoms with van der Waals surface area (Å²) in [7, 11) is 1.29. The summed E-state index contributed by atoms with van der Waals surface area (Å²) in [6, 6.07) is 10.7. The highest BCUT2D eigenvalue weighted by Gasteiger charge is 2.17. The first-order chi connectivity index (χ1) is 13.3. The SMILES string of the molecule is COC(=O)c1ccc(/C=C/C(=O)O[C@@H](C)C(=O)Nc2ccc(C)c(F)c2)cc1. The Morgan fingerprint density at radius 1 is 1.11 bits per heavy atom. The number of methoxy groups -OCH3 is 1. The third-order valence-corrected chi connectivity index (χ3v) is 3.85. The van der Waals surface area contributed by atoms with Crippen LogP contribution in [0.4, 0.5) is 10.1 Å². The van der Waals surface area contributed by atoms with Gasteiger partial charge in [0.1, 0.15) is 5.82 Å². The van der Waals surface area contributed by atoms with Crippen molar-refractivity contribution < 1.29 is 28.2 Å². The molecule has 0 bridgehead atoms. The van der Waals surface area contributed by atoms with E-state index in [1.165, 1.54) is 38.3 Å². The molecule has 0 spiro atoms. The zero-order valence-electron chi connectivity index (χ0n) is 15.7. The molecule has 2 aromatic rings. The average molecular weight is 385 g/mol. The number of hydrogen-bond donors (Lipinski definition) is 1. The zero-order chi connectivity index (χ0) is 20.7. The summed E-state index contributed by atoms with van der Waals surface area (Å²) < 4.78 is 23.2. The quantitative estimate of drug-likeness (QED) is 0.608. The summed E-state index contributed by atoms with van der Waals surface area (Å²) in [4.78, 5) is 35.3. The highest BCUT2D eigenvalue weighted by Crippen LogP contribution is 2.14. The van der Waals surface area contributed by atoms with E-state index in [1.54, 1.807) is 37.3 Å². The normalized spacial score (nSPS) is 11.7. The van der Waals surface area contributed by atoms with E-state index in [9.17, 15) is 18.8 Å². The fourth-order valence-corrected chi connectivity index (χ4v) is 2.19. The monoisotopic (exact) mass is 385 g/mol. The third kappa shape index (κ3) is 5.77. The fourth-order valence-electron chi connectivity index (χ4n) is 2.19. The van der Waals surface area contributed by atoms with E-state index in [1.807, 2.05) is 0 Å². The predicted molar refractivity (Wildman–Crippen MR) is 102 cm³/mol. The lowest BCUT2D eigenvalue weighted by Gasteiger charge is -2.12. The summed E-state index contributed by atoms with van der Waals surface area (Å²) in [6.45, 7) is 3.03. The van der Waals surface area contributed by atoms with E-state index in [-0.39, 0.29) is 5.69 Å². The van der Waals surface area contributed by atoms with Gasteiger partial charge in [-0.05, 0) is 55.3 Å². The minimum absolute atomic E-state index is 0.275. The van der Waals surface area contributed by atoms with Crippen LogP contribution >= 0.6 is 0 Å². The maximum Gasteiger partial charge on any atom is 0.337 e. The van der Waals surface area contributed by atoms with Crippen molar-refractivity contribution in [3.05, 3.63) is 71.0 Å². The molecular formula is C21H20FNO5. The molecule has 1 amide bonds. The second kappa shape index (κ2) is 9.45. The molecule has 1 atom stereocenters. The number of rotatable bonds is 6.